The summed E-state index contributed by atoms with van der Waals surface area (Å²) in [4.78, 5) is 19.2. The van der Waals surface area contributed by atoms with Gasteiger partial charge in [0.1, 0.15) is 0 Å². The van der Waals surface area contributed by atoms with Crippen LogP contribution in [0.2, 0.25) is 0 Å². The summed E-state index contributed by atoms with van der Waals surface area (Å²) in [6, 6.07) is 15.5. The molecular weight excluding hydrogens is 378 g/mol. The van der Waals surface area contributed by atoms with E-state index in [1.165, 1.54) is 39.6 Å². The van der Waals surface area contributed by atoms with E-state index in [1.807, 2.05) is 16.7 Å². The Labute approximate surface area is 178 Å². The van der Waals surface area contributed by atoms with Gasteiger partial charge in [-0.2, -0.15) is 0 Å². The van der Waals surface area contributed by atoms with Crippen LogP contribution >= 0.6 is 11.8 Å². The minimum atomic E-state index is 0.223. The van der Waals surface area contributed by atoms with Crippen molar-refractivity contribution in [3.63, 3.8) is 0 Å². The highest BCUT2D eigenvalue weighted by atomic mass is 32.2. The molecule has 2 heterocycles. The van der Waals surface area contributed by atoms with E-state index in [0.29, 0.717) is 13.0 Å². The number of benzene rings is 2. The Hall–Kier alpha value is -1.98. The number of likely N-dealkylation sites (tertiary alicyclic amines) is 1. The lowest BCUT2D eigenvalue weighted by atomic mass is 9.92. The molecule has 1 fully saturated rings. The van der Waals surface area contributed by atoms with Crippen molar-refractivity contribution < 1.29 is 4.79 Å². The van der Waals surface area contributed by atoms with Crippen molar-refractivity contribution in [1.82, 2.24) is 4.90 Å². The molecule has 5 heteroatoms. The molecule has 0 spiro atoms. The third-order valence-corrected chi connectivity index (χ3v) is 7.23. The van der Waals surface area contributed by atoms with Crippen LogP contribution < -0.4 is 10.6 Å². The van der Waals surface area contributed by atoms with Crippen LogP contribution in [-0.2, 0) is 4.79 Å². The lowest BCUT2D eigenvalue weighted by Gasteiger charge is -2.35. The van der Waals surface area contributed by atoms with E-state index in [9.17, 15) is 4.79 Å². The summed E-state index contributed by atoms with van der Waals surface area (Å²) in [7, 11) is 0. The molecule has 2 aromatic rings. The van der Waals surface area contributed by atoms with Gasteiger partial charge in [-0.3, -0.25) is 4.79 Å². The highest BCUT2D eigenvalue weighted by molar-refractivity contribution is 7.99. The molecule has 4 rings (SSSR count). The number of hydrogen-bond acceptors (Lipinski definition) is 4. The van der Waals surface area contributed by atoms with Crippen LogP contribution in [0.5, 0.6) is 0 Å². The number of piperidine rings is 1. The summed E-state index contributed by atoms with van der Waals surface area (Å²) in [6.07, 6.45) is 5.13. The Morgan fingerprint density at radius 1 is 1.10 bits per heavy atom. The average molecular weight is 410 g/mol. The lowest BCUT2D eigenvalue weighted by molar-refractivity contribution is -0.132. The first-order valence-electron chi connectivity index (χ1n) is 10.8. The van der Waals surface area contributed by atoms with E-state index in [2.05, 4.69) is 54.3 Å². The van der Waals surface area contributed by atoms with Gasteiger partial charge in [0.2, 0.25) is 5.91 Å². The van der Waals surface area contributed by atoms with Crippen molar-refractivity contribution in [3.05, 3.63) is 48.0 Å². The number of aryl methyl sites for hydroxylation is 1. The maximum atomic E-state index is 12.0. The van der Waals surface area contributed by atoms with Crippen molar-refractivity contribution in [1.29, 1.82) is 0 Å². The van der Waals surface area contributed by atoms with E-state index in [1.54, 1.807) is 0 Å². The fourth-order valence-electron chi connectivity index (χ4n) is 4.47. The molecule has 154 valence electrons. The van der Waals surface area contributed by atoms with Crippen molar-refractivity contribution in [2.75, 3.05) is 31.1 Å². The molecule has 4 nitrogen and oxygen atoms in total. The molecule has 1 saturated heterocycles. The minimum absolute atomic E-state index is 0.223. The first kappa shape index (κ1) is 20.3. The molecule has 2 aliphatic heterocycles. The Morgan fingerprint density at radius 2 is 1.86 bits per heavy atom. The third kappa shape index (κ3) is 4.62. The summed E-state index contributed by atoms with van der Waals surface area (Å²) in [5.41, 5.74) is 9.51. The largest absolute Gasteiger partial charge is 0.343 e. The number of anilines is 2. The maximum absolute atomic E-state index is 12.0. The quantitative estimate of drug-likeness (QED) is 0.732. The molecule has 0 atom stereocenters. The van der Waals surface area contributed by atoms with Gasteiger partial charge >= 0.3 is 0 Å². The standard InChI is InChI=1S/C24H31N3OS/c1-18-8-9-23-21(17-18)27(20-6-2-3-7-22(20)29-23)14-4-5-19-11-15-26(16-12-19)24(28)10-13-25/h2-3,6-9,17,19H,4-5,10-16,25H2,1H3. The first-order chi connectivity index (χ1) is 14.2. The van der Waals surface area contributed by atoms with E-state index >= 15 is 0 Å². The highest BCUT2D eigenvalue weighted by Crippen LogP contribution is 2.48. The third-order valence-electron chi connectivity index (χ3n) is 6.10. The SMILES string of the molecule is Cc1ccc2c(c1)N(CCCC1CCN(C(=O)CCN)CC1)c1ccccc1S2. The van der Waals surface area contributed by atoms with Crippen LogP contribution in [0.4, 0.5) is 11.4 Å². The Balaban J connectivity index is 1.37. The van der Waals surface area contributed by atoms with Crippen molar-refractivity contribution in [3.8, 4) is 0 Å². The molecule has 0 radical (unpaired) electrons. The topological polar surface area (TPSA) is 49.6 Å². The Kier molecular flexibility index (Phi) is 6.46. The van der Waals surface area contributed by atoms with Crippen molar-refractivity contribution >= 4 is 29.0 Å². The Morgan fingerprint density at radius 3 is 2.66 bits per heavy atom. The highest BCUT2D eigenvalue weighted by Gasteiger charge is 2.25. The van der Waals surface area contributed by atoms with E-state index < -0.39 is 0 Å². The van der Waals surface area contributed by atoms with Crippen molar-refractivity contribution in [2.45, 2.75) is 48.8 Å². The van der Waals surface area contributed by atoms with Gasteiger partial charge in [-0.25, -0.2) is 0 Å². The zero-order chi connectivity index (χ0) is 20.2. The van der Waals surface area contributed by atoms with Crippen molar-refractivity contribution in [2.24, 2.45) is 11.7 Å². The number of amides is 1. The van der Waals surface area contributed by atoms with Crippen LogP contribution in [0.3, 0.4) is 0 Å². The van der Waals surface area contributed by atoms with Gasteiger partial charge in [0, 0.05) is 42.4 Å². The van der Waals surface area contributed by atoms with Crippen LogP contribution in [-0.4, -0.2) is 37.0 Å². The summed E-state index contributed by atoms with van der Waals surface area (Å²) >= 11 is 1.88. The summed E-state index contributed by atoms with van der Waals surface area (Å²) < 4.78 is 0. The first-order valence-corrected chi connectivity index (χ1v) is 11.6. The second kappa shape index (κ2) is 9.23. The number of nitrogens with two attached hydrogens (primary N) is 1. The number of para-hydroxylation sites is 1. The molecule has 2 aliphatic rings. The van der Waals surface area contributed by atoms with Gasteiger partial charge in [0.05, 0.1) is 11.4 Å². The number of fused-ring (bicyclic) bond motifs is 2. The lowest BCUT2D eigenvalue weighted by Crippen LogP contribution is -2.39. The zero-order valence-corrected chi connectivity index (χ0v) is 18.1. The minimum Gasteiger partial charge on any atom is -0.343 e. The Bertz CT molecular complexity index is 861. The molecule has 2 N–H and O–H groups in total. The number of carbonyl (C=O) groups is 1. The monoisotopic (exact) mass is 409 g/mol. The van der Waals surface area contributed by atoms with Gasteiger partial charge in [-0.1, -0.05) is 30.0 Å². The molecule has 0 bridgehead atoms. The predicted octanol–water partition coefficient (Wildman–Crippen LogP) is 4.97. The van der Waals surface area contributed by atoms with Gasteiger partial charge in [0.15, 0.2) is 0 Å². The normalized spacial score (nSPS) is 16.5. The molecule has 2 aromatic carbocycles. The fraction of sp³-hybridized carbons (Fsp3) is 0.458. The molecule has 1 amide bonds. The summed E-state index contributed by atoms with van der Waals surface area (Å²) in [5.74, 6) is 0.948. The van der Waals surface area contributed by atoms with Gasteiger partial charge in [-0.05, 0) is 68.4 Å². The smallest absolute Gasteiger partial charge is 0.223 e. The van der Waals surface area contributed by atoms with Crippen LogP contribution in [0.25, 0.3) is 0 Å². The van der Waals surface area contributed by atoms with Gasteiger partial charge in [0.25, 0.3) is 0 Å². The maximum Gasteiger partial charge on any atom is 0.223 e. The number of hydrogen-bond donors (Lipinski definition) is 1. The van der Waals surface area contributed by atoms with Gasteiger partial charge in [-0.15, -0.1) is 0 Å². The second-order valence-electron chi connectivity index (χ2n) is 8.20. The molecule has 29 heavy (non-hydrogen) atoms. The van der Waals surface area contributed by atoms with Crippen LogP contribution in [0.1, 0.15) is 37.7 Å². The molecule has 0 saturated carbocycles. The number of nitrogens with zero attached hydrogens (tertiary/aromatic N) is 2. The van der Waals surface area contributed by atoms with E-state index in [0.717, 1.165) is 38.4 Å². The fourth-order valence-corrected chi connectivity index (χ4v) is 5.55. The number of rotatable bonds is 6. The number of carbonyl (C=O) groups excluding carboxylic acids is 1. The van der Waals surface area contributed by atoms with Crippen LogP contribution in [0, 0.1) is 12.8 Å². The summed E-state index contributed by atoms with van der Waals surface area (Å²) in [6.45, 7) is 5.46. The predicted molar refractivity (Wildman–Crippen MR) is 121 cm³/mol. The van der Waals surface area contributed by atoms with E-state index in [4.69, 9.17) is 5.73 Å². The average Bonchev–Trinajstić information content (AvgIpc) is 2.74. The molecule has 0 unspecified atom stereocenters. The van der Waals surface area contributed by atoms with E-state index in [-0.39, 0.29) is 5.91 Å². The molecular formula is C24H31N3OS. The van der Waals surface area contributed by atoms with Gasteiger partial charge < -0.3 is 15.5 Å². The molecule has 0 aliphatic carbocycles. The van der Waals surface area contributed by atoms with Crippen LogP contribution in [0.15, 0.2) is 52.3 Å². The zero-order valence-electron chi connectivity index (χ0n) is 17.3. The second-order valence-corrected chi connectivity index (χ2v) is 9.28. The summed E-state index contributed by atoms with van der Waals surface area (Å²) in [5, 5.41) is 0. The molecule has 0 aromatic heterocycles.